The number of nitrogens with one attached hydrogen (secondary N) is 1. The number of ether oxygens (including phenoxy) is 1. The van der Waals surface area contributed by atoms with Crippen molar-refractivity contribution in [1.82, 2.24) is 20.0 Å². The summed E-state index contributed by atoms with van der Waals surface area (Å²) >= 11 is 3.32. The van der Waals surface area contributed by atoms with Crippen LogP contribution in [0, 0.1) is 0 Å². The highest BCUT2D eigenvalue weighted by molar-refractivity contribution is 9.10. The van der Waals surface area contributed by atoms with Crippen LogP contribution >= 0.6 is 15.9 Å². The average Bonchev–Trinajstić information content (AvgIpc) is 2.75. The minimum Gasteiger partial charge on any atom is -0.379 e. The fourth-order valence-corrected chi connectivity index (χ4v) is 2.61. The summed E-state index contributed by atoms with van der Waals surface area (Å²) in [5.74, 6) is -0.0890. The van der Waals surface area contributed by atoms with Crippen molar-refractivity contribution in [3.8, 4) is 0 Å². The molecule has 0 aliphatic carbocycles. The van der Waals surface area contributed by atoms with Crippen LogP contribution in [0.5, 0.6) is 0 Å². The molecule has 0 spiro atoms. The zero-order chi connectivity index (χ0) is 13.7. The number of hydrogen-bond donors (Lipinski definition) is 1. The summed E-state index contributed by atoms with van der Waals surface area (Å²) in [4.78, 5) is 14.3. The topological polar surface area (TPSA) is 59.4 Å². The number of nitrogens with zero attached hydrogens (tertiary/aromatic N) is 3. The SMILES string of the molecule is Cn1ncc(Br)c1C(=O)NCCCN1CCOCC1. The molecule has 1 aliphatic rings. The van der Waals surface area contributed by atoms with Gasteiger partial charge in [0.25, 0.3) is 5.91 Å². The fraction of sp³-hybridized carbons (Fsp3) is 0.667. The highest BCUT2D eigenvalue weighted by Crippen LogP contribution is 2.14. The van der Waals surface area contributed by atoms with Crippen LogP contribution in [0.4, 0.5) is 0 Å². The largest absolute Gasteiger partial charge is 0.379 e. The lowest BCUT2D eigenvalue weighted by molar-refractivity contribution is 0.0374. The maximum Gasteiger partial charge on any atom is 0.270 e. The van der Waals surface area contributed by atoms with Crippen LogP contribution in [0.25, 0.3) is 0 Å². The van der Waals surface area contributed by atoms with Crippen molar-refractivity contribution in [2.24, 2.45) is 7.05 Å². The van der Waals surface area contributed by atoms with Gasteiger partial charge in [0.05, 0.1) is 23.9 Å². The van der Waals surface area contributed by atoms with Crippen LogP contribution in [0.1, 0.15) is 16.9 Å². The van der Waals surface area contributed by atoms with E-state index < -0.39 is 0 Å². The van der Waals surface area contributed by atoms with Gasteiger partial charge in [-0.3, -0.25) is 14.4 Å². The number of rotatable bonds is 5. The lowest BCUT2D eigenvalue weighted by Gasteiger charge is -2.26. The number of morpholine rings is 1. The number of amides is 1. The molecule has 0 saturated carbocycles. The molecular weight excluding hydrogens is 312 g/mol. The summed E-state index contributed by atoms with van der Waals surface area (Å²) in [7, 11) is 1.76. The van der Waals surface area contributed by atoms with Crippen molar-refractivity contribution >= 4 is 21.8 Å². The molecule has 2 rings (SSSR count). The van der Waals surface area contributed by atoms with E-state index in [2.05, 4.69) is 31.2 Å². The van der Waals surface area contributed by atoms with Crippen LogP contribution < -0.4 is 5.32 Å². The van der Waals surface area contributed by atoms with E-state index in [0.717, 1.165) is 43.7 Å². The molecule has 1 aliphatic heterocycles. The van der Waals surface area contributed by atoms with Crippen molar-refractivity contribution in [1.29, 1.82) is 0 Å². The first-order chi connectivity index (χ1) is 9.18. The maximum absolute atomic E-state index is 12.0. The molecule has 7 heteroatoms. The standard InChI is InChI=1S/C12H19BrN4O2/c1-16-11(10(13)9-15-16)12(18)14-3-2-4-17-5-7-19-8-6-17/h9H,2-8H2,1H3,(H,14,18). The van der Waals surface area contributed by atoms with Gasteiger partial charge in [-0.25, -0.2) is 0 Å². The molecule has 1 aromatic rings. The van der Waals surface area contributed by atoms with Crippen LogP contribution in [-0.4, -0.2) is 60.0 Å². The van der Waals surface area contributed by atoms with Crippen molar-refractivity contribution in [3.05, 3.63) is 16.4 Å². The Morgan fingerprint density at radius 1 is 1.53 bits per heavy atom. The molecule has 1 saturated heterocycles. The molecule has 0 unspecified atom stereocenters. The Kier molecular flexibility index (Phi) is 5.35. The van der Waals surface area contributed by atoms with Gasteiger partial charge < -0.3 is 10.1 Å². The molecule has 0 radical (unpaired) electrons. The van der Waals surface area contributed by atoms with Gasteiger partial charge in [0.15, 0.2) is 0 Å². The molecular formula is C12H19BrN4O2. The molecule has 0 atom stereocenters. The third-order valence-electron chi connectivity index (χ3n) is 3.15. The Morgan fingerprint density at radius 3 is 2.89 bits per heavy atom. The Balaban J connectivity index is 1.69. The number of aromatic nitrogens is 2. The van der Waals surface area contributed by atoms with Crippen LogP contribution in [0.2, 0.25) is 0 Å². The predicted molar refractivity (Wildman–Crippen MR) is 75.1 cm³/mol. The van der Waals surface area contributed by atoms with Crippen molar-refractivity contribution in [2.45, 2.75) is 6.42 Å². The molecule has 6 nitrogen and oxygen atoms in total. The van der Waals surface area contributed by atoms with Gasteiger partial charge in [0.1, 0.15) is 5.69 Å². The number of carbonyl (C=O) groups is 1. The predicted octanol–water partition coefficient (Wildman–Crippen LogP) is 0.635. The molecule has 2 heterocycles. The second-order valence-electron chi connectivity index (χ2n) is 4.53. The highest BCUT2D eigenvalue weighted by atomic mass is 79.9. The monoisotopic (exact) mass is 330 g/mol. The lowest BCUT2D eigenvalue weighted by atomic mass is 10.3. The van der Waals surface area contributed by atoms with Crippen molar-refractivity contribution in [3.63, 3.8) is 0 Å². The van der Waals surface area contributed by atoms with E-state index in [-0.39, 0.29) is 5.91 Å². The smallest absolute Gasteiger partial charge is 0.270 e. The molecule has 19 heavy (non-hydrogen) atoms. The summed E-state index contributed by atoms with van der Waals surface area (Å²) in [6.45, 7) is 5.27. The van der Waals surface area contributed by atoms with Gasteiger partial charge in [-0.05, 0) is 28.9 Å². The molecule has 1 amide bonds. The molecule has 1 N–H and O–H groups in total. The molecule has 0 aromatic carbocycles. The summed E-state index contributed by atoms with van der Waals surface area (Å²) in [5.41, 5.74) is 0.561. The molecule has 1 aromatic heterocycles. The van der Waals surface area contributed by atoms with Crippen molar-refractivity contribution < 1.29 is 9.53 Å². The normalized spacial score (nSPS) is 16.5. The summed E-state index contributed by atoms with van der Waals surface area (Å²) in [5, 5.41) is 6.94. The highest BCUT2D eigenvalue weighted by Gasteiger charge is 2.15. The zero-order valence-corrected chi connectivity index (χ0v) is 12.6. The first-order valence-corrected chi connectivity index (χ1v) is 7.23. The molecule has 106 valence electrons. The average molecular weight is 331 g/mol. The molecule has 0 bridgehead atoms. The Labute approximate surface area is 121 Å². The fourth-order valence-electron chi connectivity index (χ4n) is 2.08. The minimum atomic E-state index is -0.0890. The Bertz CT molecular complexity index is 410. The van der Waals surface area contributed by atoms with E-state index >= 15 is 0 Å². The van der Waals surface area contributed by atoms with Gasteiger partial charge >= 0.3 is 0 Å². The van der Waals surface area contributed by atoms with Gasteiger partial charge in [-0.2, -0.15) is 5.10 Å². The van der Waals surface area contributed by atoms with Gasteiger partial charge in [0, 0.05) is 26.7 Å². The quantitative estimate of drug-likeness (QED) is 0.805. The minimum absolute atomic E-state index is 0.0890. The summed E-state index contributed by atoms with van der Waals surface area (Å²) < 4.78 is 7.59. The van der Waals surface area contributed by atoms with E-state index in [9.17, 15) is 4.79 Å². The number of carbonyl (C=O) groups excluding carboxylic acids is 1. The van der Waals surface area contributed by atoms with Crippen LogP contribution in [0.3, 0.4) is 0 Å². The Morgan fingerprint density at radius 2 is 2.26 bits per heavy atom. The van der Waals surface area contributed by atoms with E-state index in [1.807, 2.05) is 0 Å². The van der Waals surface area contributed by atoms with E-state index in [4.69, 9.17) is 4.74 Å². The number of aryl methyl sites for hydroxylation is 1. The lowest BCUT2D eigenvalue weighted by Crippen LogP contribution is -2.38. The third kappa shape index (κ3) is 4.02. The zero-order valence-electron chi connectivity index (χ0n) is 11.1. The van der Waals surface area contributed by atoms with Gasteiger partial charge in [-0.15, -0.1) is 0 Å². The van der Waals surface area contributed by atoms with Gasteiger partial charge in [-0.1, -0.05) is 0 Å². The third-order valence-corrected chi connectivity index (χ3v) is 3.73. The second-order valence-corrected chi connectivity index (χ2v) is 5.38. The van der Waals surface area contributed by atoms with Crippen LogP contribution in [0.15, 0.2) is 10.7 Å². The first-order valence-electron chi connectivity index (χ1n) is 6.44. The maximum atomic E-state index is 12.0. The van der Waals surface area contributed by atoms with Gasteiger partial charge in [0.2, 0.25) is 0 Å². The summed E-state index contributed by atoms with van der Waals surface area (Å²) in [6, 6.07) is 0. The number of hydrogen-bond acceptors (Lipinski definition) is 4. The number of halogens is 1. The first kappa shape index (κ1) is 14.5. The van der Waals surface area contributed by atoms with Crippen molar-refractivity contribution in [2.75, 3.05) is 39.4 Å². The van der Waals surface area contributed by atoms with E-state index in [0.29, 0.717) is 12.2 Å². The van der Waals surface area contributed by atoms with E-state index in [1.165, 1.54) is 0 Å². The summed E-state index contributed by atoms with van der Waals surface area (Å²) in [6.07, 6.45) is 2.57. The molecule has 1 fully saturated rings. The Hall–Kier alpha value is -0.920. The second kappa shape index (κ2) is 7.02. The van der Waals surface area contributed by atoms with E-state index in [1.54, 1.807) is 17.9 Å². The van der Waals surface area contributed by atoms with Crippen LogP contribution in [-0.2, 0) is 11.8 Å².